The van der Waals surface area contributed by atoms with E-state index in [0.29, 0.717) is 19.8 Å². The van der Waals surface area contributed by atoms with Crippen LogP contribution in [0.15, 0.2) is 28.3 Å². The van der Waals surface area contributed by atoms with Gasteiger partial charge in [-0.15, -0.1) is 0 Å². The van der Waals surface area contributed by atoms with E-state index in [1.165, 1.54) is 0 Å². The van der Waals surface area contributed by atoms with Crippen LogP contribution in [0.4, 0.5) is 0 Å². The fourth-order valence-corrected chi connectivity index (χ4v) is 3.11. The zero-order valence-electron chi connectivity index (χ0n) is 14.4. The van der Waals surface area contributed by atoms with E-state index in [0.717, 1.165) is 15.0 Å². The Morgan fingerprint density at radius 1 is 1.44 bits per heavy atom. The van der Waals surface area contributed by atoms with Gasteiger partial charge in [-0.25, -0.2) is 0 Å². The summed E-state index contributed by atoms with van der Waals surface area (Å²) in [7, 11) is 0. The summed E-state index contributed by atoms with van der Waals surface area (Å²) in [4.78, 5) is 14.6. The molecule has 0 aromatic carbocycles. The van der Waals surface area contributed by atoms with Crippen LogP contribution < -0.4 is 0 Å². The Labute approximate surface area is 159 Å². The summed E-state index contributed by atoms with van der Waals surface area (Å²) in [6.07, 6.45) is 3.57. The van der Waals surface area contributed by atoms with E-state index in [-0.39, 0.29) is 30.0 Å². The minimum Gasteiger partial charge on any atom is -0.507 e. The summed E-state index contributed by atoms with van der Waals surface area (Å²) in [5.74, 6) is 0.472. The minimum atomic E-state index is -0.218. The van der Waals surface area contributed by atoms with Gasteiger partial charge >= 0.3 is 0 Å². The molecule has 0 aliphatic carbocycles. The fourth-order valence-electron chi connectivity index (χ4n) is 2.75. The molecule has 1 aromatic heterocycles. The Hall–Kier alpha value is -1.59. The first-order valence-electron chi connectivity index (χ1n) is 8.02. The van der Waals surface area contributed by atoms with E-state index in [1.807, 2.05) is 31.9 Å². The SMILES string of the molecule is Cc1onc(CN2CN(C(C)C)C(=O)/C3=C(\O)COC/C=C\N32)c1I. The van der Waals surface area contributed by atoms with Crippen molar-refractivity contribution in [1.29, 1.82) is 0 Å². The number of aromatic nitrogens is 1. The second kappa shape index (κ2) is 7.34. The predicted octanol–water partition coefficient (Wildman–Crippen LogP) is 2.13. The highest BCUT2D eigenvalue weighted by molar-refractivity contribution is 14.1. The van der Waals surface area contributed by atoms with Gasteiger partial charge in [-0.2, -0.15) is 5.01 Å². The van der Waals surface area contributed by atoms with E-state index in [9.17, 15) is 9.90 Å². The third-order valence-electron chi connectivity index (χ3n) is 4.10. The second-order valence-corrected chi connectivity index (χ2v) is 7.29. The molecule has 1 fully saturated rings. The first-order valence-corrected chi connectivity index (χ1v) is 9.10. The van der Waals surface area contributed by atoms with Crippen LogP contribution in [0.2, 0.25) is 0 Å². The molecule has 0 spiro atoms. The van der Waals surface area contributed by atoms with Crippen molar-refractivity contribution in [2.45, 2.75) is 33.4 Å². The fraction of sp³-hybridized carbons (Fsp3) is 0.500. The number of aryl methyl sites for hydroxylation is 1. The van der Waals surface area contributed by atoms with Gasteiger partial charge in [-0.1, -0.05) is 5.16 Å². The number of fused-ring (bicyclic) bond motifs is 1. The Morgan fingerprint density at radius 2 is 2.20 bits per heavy atom. The molecule has 3 heterocycles. The van der Waals surface area contributed by atoms with Crippen molar-refractivity contribution in [3.05, 3.63) is 38.8 Å². The van der Waals surface area contributed by atoms with Crippen LogP contribution in [0.25, 0.3) is 0 Å². The summed E-state index contributed by atoms with van der Waals surface area (Å²) in [6.45, 7) is 6.97. The first kappa shape index (κ1) is 18.2. The van der Waals surface area contributed by atoms with Crippen LogP contribution in [0.5, 0.6) is 0 Å². The zero-order valence-corrected chi connectivity index (χ0v) is 16.6. The molecule has 9 heteroatoms. The summed E-state index contributed by atoms with van der Waals surface area (Å²) >= 11 is 2.20. The lowest BCUT2D eigenvalue weighted by molar-refractivity contribution is -0.150. The number of amides is 1. The van der Waals surface area contributed by atoms with Crippen LogP contribution in [-0.2, 0) is 16.1 Å². The molecule has 136 valence electrons. The van der Waals surface area contributed by atoms with E-state index in [4.69, 9.17) is 9.26 Å². The molecular weight excluding hydrogens is 439 g/mol. The van der Waals surface area contributed by atoms with Crippen LogP contribution >= 0.6 is 22.6 Å². The van der Waals surface area contributed by atoms with E-state index in [1.54, 1.807) is 16.1 Å². The molecule has 0 unspecified atom stereocenters. The maximum atomic E-state index is 12.9. The number of hydrogen-bond donors (Lipinski definition) is 1. The predicted molar refractivity (Wildman–Crippen MR) is 97.8 cm³/mol. The molecule has 0 saturated carbocycles. The van der Waals surface area contributed by atoms with Gasteiger partial charge < -0.3 is 19.3 Å². The number of rotatable bonds is 3. The molecule has 1 amide bonds. The average Bonchev–Trinajstić information content (AvgIpc) is 2.85. The van der Waals surface area contributed by atoms with Gasteiger partial charge in [-0.05, 0) is 49.4 Å². The number of halogens is 1. The lowest BCUT2D eigenvalue weighted by Gasteiger charge is -2.45. The van der Waals surface area contributed by atoms with Crippen molar-refractivity contribution >= 4 is 28.5 Å². The van der Waals surface area contributed by atoms with E-state index in [2.05, 4.69) is 27.7 Å². The third-order valence-corrected chi connectivity index (χ3v) is 5.48. The molecule has 1 aromatic rings. The van der Waals surface area contributed by atoms with Gasteiger partial charge in [0.25, 0.3) is 5.91 Å². The topological polar surface area (TPSA) is 82.3 Å². The molecule has 1 saturated heterocycles. The number of hydrogen-bond acceptors (Lipinski definition) is 7. The second-order valence-electron chi connectivity index (χ2n) is 6.21. The normalized spacial score (nSPS) is 23.6. The van der Waals surface area contributed by atoms with Crippen LogP contribution in [0.1, 0.15) is 25.3 Å². The standard InChI is InChI=1S/C16H21IN4O4/c1-10(2)20-9-19(7-12-14(17)11(3)25-18-12)21-5-4-6-24-8-13(22)15(21)16(20)23/h4-5,10,22H,6-9H2,1-3H3/b5-4-,15-13+. The molecule has 2 aliphatic rings. The quantitative estimate of drug-likeness (QED) is 0.693. The molecule has 0 bridgehead atoms. The van der Waals surface area contributed by atoms with Gasteiger partial charge in [0.05, 0.1) is 23.4 Å². The van der Waals surface area contributed by atoms with Gasteiger partial charge in [0.15, 0.2) is 5.70 Å². The van der Waals surface area contributed by atoms with E-state index < -0.39 is 0 Å². The number of aliphatic hydroxyl groups is 1. The average molecular weight is 460 g/mol. The van der Waals surface area contributed by atoms with Gasteiger partial charge in [-0.3, -0.25) is 9.80 Å². The number of carbonyl (C=O) groups excluding carboxylic acids is 1. The minimum absolute atomic E-state index is 0.00227. The highest BCUT2D eigenvalue weighted by Crippen LogP contribution is 2.27. The summed E-state index contributed by atoms with van der Waals surface area (Å²) in [5.41, 5.74) is 1.01. The Kier molecular flexibility index (Phi) is 5.35. The van der Waals surface area contributed by atoms with Crippen LogP contribution in [0.3, 0.4) is 0 Å². The number of hydrazine groups is 1. The molecule has 0 radical (unpaired) electrons. The van der Waals surface area contributed by atoms with Gasteiger partial charge in [0.1, 0.15) is 23.8 Å². The van der Waals surface area contributed by atoms with Crippen molar-refractivity contribution in [1.82, 2.24) is 20.1 Å². The Bertz CT molecular complexity index is 728. The smallest absolute Gasteiger partial charge is 0.276 e. The molecule has 1 N–H and O–H groups in total. The summed E-state index contributed by atoms with van der Waals surface area (Å²) in [6, 6.07) is -0.00842. The maximum Gasteiger partial charge on any atom is 0.276 e. The van der Waals surface area contributed by atoms with Crippen molar-refractivity contribution in [3.63, 3.8) is 0 Å². The number of aliphatic hydroxyl groups excluding tert-OH is 1. The maximum absolute atomic E-state index is 12.9. The largest absolute Gasteiger partial charge is 0.507 e. The zero-order chi connectivity index (χ0) is 18.1. The van der Waals surface area contributed by atoms with Crippen LogP contribution in [0, 0.1) is 10.5 Å². The highest BCUT2D eigenvalue weighted by atomic mass is 127. The molecule has 8 nitrogen and oxygen atoms in total. The van der Waals surface area contributed by atoms with Crippen molar-refractivity contribution in [2.75, 3.05) is 19.9 Å². The lowest BCUT2D eigenvalue weighted by atomic mass is 10.2. The summed E-state index contributed by atoms with van der Waals surface area (Å²) in [5, 5.41) is 18.2. The van der Waals surface area contributed by atoms with Crippen LogP contribution in [-0.4, -0.2) is 57.0 Å². The summed E-state index contributed by atoms with van der Waals surface area (Å²) < 4.78 is 11.5. The Morgan fingerprint density at radius 3 is 2.84 bits per heavy atom. The lowest BCUT2D eigenvalue weighted by Crippen LogP contribution is -2.58. The van der Waals surface area contributed by atoms with Gasteiger partial charge in [0.2, 0.25) is 0 Å². The van der Waals surface area contributed by atoms with Crippen molar-refractivity contribution < 1.29 is 19.2 Å². The van der Waals surface area contributed by atoms with Crippen molar-refractivity contribution in [2.24, 2.45) is 0 Å². The molecule has 3 rings (SSSR count). The van der Waals surface area contributed by atoms with Gasteiger partial charge in [0, 0.05) is 12.2 Å². The monoisotopic (exact) mass is 460 g/mol. The van der Waals surface area contributed by atoms with Crippen molar-refractivity contribution in [3.8, 4) is 0 Å². The molecule has 0 atom stereocenters. The molecule has 2 aliphatic heterocycles. The third kappa shape index (κ3) is 3.53. The Balaban J connectivity index is 2.00. The number of ether oxygens (including phenoxy) is 1. The highest BCUT2D eigenvalue weighted by Gasteiger charge is 2.38. The number of nitrogens with zero attached hydrogens (tertiary/aromatic N) is 4. The first-order chi connectivity index (χ1) is 11.9. The molecule has 25 heavy (non-hydrogen) atoms. The van der Waals surface area contributed by atoms with E-state index >= 15 is 0 Å². The number of carbonyl (C=O) groups is 1. The molecular formula is C16H21IN4O4.